The Hall–Kier alpha value is -0.140. The number of hydrogen-bond acceptors (Lipinski definition) is 4. The van der Waals surface area contributed by atoms with Crippen LogP contribution < -0.4 is 10.5 Å². The molecule has 1 rings (SSSR count). The molecule has 0 saturated heterocycles. The zero-order valence-electron chi connectivity index (χ0n) is 11.4. The molecule has 112 valence electrons. The molecule has 1 heterocycles. The zero-order chi connectivity index (χ0) is 13.6. The van der Waals surface area contributed by atoms with E-state index in [1.165, 1.54) is 0 Å². The lowest BCUT2D eigenvalue weighted by Gasteiger charge is -2.30. The lowest BCUT2D eigenvalue weighted by atomic mass is 9.95. The fourth-order valence-electron chi connectivity index (χ4n) is 1.80. The highest BCUT2D eigenvalue weighted by molar-refractivity contribution is 7.89. The summed E-state index contributed by atoms with van der Waals surface area (Å²) in [6, 6.07) is 3.89. The summed E-state index contributed by atoms with van der Waals surface area (Å²) in [6.45, 7) is 4.24. The van der Waals surface area contributed by atoms with Crippen LogP contribution in [-0.2, 0) is 16.4 Å². The number of halogens is 1. The monoisotopic (exact) mass is 326 g/mol. The van der Waals surface area contributed by atoms with Crippen molar-refractivity contribution in [2.75, 3.05) is 12.3 Å². The average Bonchev–Trinajstić information content (AvgIpc) is 2.87. The molecule has 1 aromatic rings. The fourth-order valence-corrected chi connectivity index (χ4v) is 4.26. The van der Waals surface area contributed by atoms with Gasteiger partial charge in [0.1, 0.15) is 0 Å². The van der Waals surface area contributed by atoms with E-state index in [0.717, 1.165) is 4.88 Å². The fraction of sp³-hybridized carbons (Fsp3) is 0.667. The number of nitrogens with two attached hydrogens (primary N) is 1. The van der Waals surface area contributed by atoms with Crippen LogP contribution in [0.3, 0.4) is 0 Å². The van der Waals surface area contributed by atoms with E-state index in [1.807, 2.05) is 31.4 Å². The van der Waals surface area contributed by atoms with Gasteiger partial charge >= 0.3 is 0 Å². The average molecular weight is 327 g/mol. The van der Waals surface area contributed by atoms with Crippen molar-refractivity contribution < 1.29 is 8.42 Å². The van der Waals surface area contributed by atoms with E-state index in [9.17, 15) is 8.42 Å². The Morgan fingerprint density at radius 1 is 1.37 bits per heavy atom. The van der Waals surface area contributed by atoms with E-state index in [4.69, 9.17) is 5.73 Å². The number of hydrogen-bond donors (Lipinski definition) is 2. The smallest absolute Gasteiger partial charge is 0.212 e. The Bertz CT molecular complexity index is 434. The van der Waals surface area contributed by atoms with Gasteiger partial charge in [-0.15, -0.1) is 23.7 Å². The highest BCUT2D eigenvalue weighted by atomic mass is 35.5. The van der Waals surface area contributed by atoms with Crippen LogP contribution >= 0.6 is 23.7 Å². The second-order valence-electron chi connectivity index (χ2n) is 4.44. The van der Waals surface area contributed by atoms with E-state index >= 15 is 0 Å². The molecular weight excluding hydrogens is 304 g/mol. The third-order valence-corrected chi connectivity index (χ3v) is 5.74. The maximum atomic E-state index is 12.1. The number of rotatable bonds is 8. The van der Waals surface area contributed by atoms with Crippen molar-refractivity contribution in [1.82, 2.24) is 4.72 Å². The first-order valence-corrected chi connectivity index (χ1v) is 8.74. The summed E-state index contributed by atoms with van der Waals surface area (Å²) in [6.07, 6.45) is 1.97. The van der Waals surface area contributed by atoms with Gasteiger partial charge in [0.2, 0.25) is 10.0 Å². The summed E-state index contributed by atoms with van der Waals surface area (Å²) in [5.41, 5.74) is 5.21. The molecule has 7 heteroatoms. The molecule has 0 aliphatic heterocycles. The van der Waals surface area contributed by atoms with Crippen molar-refractivity contribution in [3.05, 3.63) is 22.4 Å². The number of thiophene rings is 1. The minimum atomic E-state index is -3.27. The summed E-state index contributed by atoms with van der Waals surface area (Å²) >= 11 is 1.58. The minimum Gasteiger partial charge on any atom is -0.329 e. The molecule has 19 heavy (non-hydrogen) atoms. The van der Waals surface area contributed by atoms with Crippen molar-refractivity contribution >= 4 is 33.8 Å². The largest absolute Gasteiger partial charge is 0.329 e. The SMILES string of the molecule is CCC(CC)(CN)NS(=O)(=O)CCc1cccs1.Cl. The first kappa shape index (κ1) is 18.9. The molecule has 0 aromatic carbocycles. The van der Waals surface area contributed by atoms with Crippen LogP contribution in [0.2, 0.25) is 0 Å². The van der Waals surface area contributed by atoms with Crippen molar-refractivity contribution in [3.8, 4) is 0 Å². The van der Waals surface area contributed by atoms with Crippen LogP contribution in [0.15, 0.2) is 17.5 Å². The highest BCUT2D eigenvalue weighted by Crippen LogP contribution is 2.16. The lowest BCUT2D eigenvalue weighted by molar-refractivity contribution is 0.363. The molecule has 0 bridgehead atoms. The maximum Gasteiger partial charge on any atom is 0.212 e. The summed E-state index contributed by atoms with van der Waals surface area (Å²) in [4.78, 5) is 1.09. The summed E-state index contributed by atoms with van der Waals surface area (Å²) in [5.74, 6) is 0.120. The van der Waals surface area contributed by atoms with Crippen LogP contribution in [-0.4, -0.2) is 26.3 Å². The Morgan fingerprint density at radius 2 is 2.00 bits per heavy atom. The molecule has 1 aromatic heterocycles. The van der Waals surface area contributed by atoms with E-state index in [0.29, 0.717) is 25.8 Å². The molecule has 0 atom stereocenters. The van der Waals surface area contributed by atoms with Crippen molar-refractivity contribution in [1.29, 1.82) is 0 Å². The normalized spacial score (nSPS) is 12.2. The molecule has 0 amide bonds. The highest BCUT2D eigenvalue weighted by Gasteiger charge is 2.29. The van der Waals surface area contributed by atoms with E-state index in [-0.39, 0.29) is 18.2 Å². The van der Waals surface area contributed by atoms with Gasteiger partial charge in [-0.2, -0.15) is 0 Å². The predicted octanol–water partition coefficient (Wildman–Crippen LogP) is 2.15. The van der Waals surface area contributed by atoms with Crippen molar-refractivity contribution in [2.45, 2.75) is 38.6 Å². The van der Waals surface area contributed by atoms with Gasteiger partial charge in [-0.3, -0.25) is 0 Å². The number of nitrogens with one attached hydrogen (secondary N) is 1. The van der Waals surface area contributed by atoms with Gasteiger partial charge < -0.3 is 5.73 Å². The standard InChI is InChI=1S/C12H22N2O2S2.ClH/c1-3-12(4-2,10-13)14-18(15,16)9-7-11-6-5-8-17-11;/h5-6,8,14H,3-4,7,9-10,13H2,1-2H3;1H. The molecule has 0 saturated carbocycles. The zero-order valence-corrected chi connectivity index (χ0v) is 13.8. The molecule has 4 nitrogen and oxygen atoms in total. The molecule has 0 aliphatic rings. The Labute approximate surface area is 126 Å². The quantitative estimate of drug-likeness (QED) is 0.769. The molecule has 3 N–H and O–H groups in total. The molecular formula is C12H23ClN2O2S2. The van der Waals surface area contributed by atoms with Gasteiger partial charge in [0.15, 0.2) is 0 Å². The second kappa shape index (κ2) is 8.21. The Kier molecular flexibility index (Phi) is 8.15. The first-order chi connectivity index (χ1) is 8.47. The van der Waals surface area contributed by atoms with Crippen molar-refractivity contribution in [2.24, 2.45) is 5.73 Å². The van der Waals surface area contributed by atoms with Crippen LogP contribution in [0.25, 0.3) is 0 Å². The maximum absolute atomic E-state index is 12.1. The van der Waals surface area contributed by atoms with Gasteiger partial charge in [-0.25, -0.2) is 13.1 Å². The Morgan fingerprint density at radius 3 is 2.42 bits per heavy atom. The van der Waals surface area contributed by atoms with Gasteiger partial charge in [-0.1, -0.05) is 19.9 Å². The Balaban J connectivity index is 0.00000324. The lowest BCUT2D eigenvalue weighted by Crippen LogP contribution is -2.53. The van der Waals surface area contributed by atoms with Crippen LogP contribution in [0.4, 0.5) is 0 Å². The van der Waals surface area contributed by atoms with Crippen LogP contribution in [0, 0.1) is 0 Å². The van der Waals surface area contributed by atoms with Gasteiger partial charge in [0, 0.05) is 17.0 Å². The summed E-state index contributed by atoms with van der Waals surface area (Å²) in [5, 5.41) is 1.96. The predicted molar refractivity (Wildman–Crippen MR) is 84.6 cm³/mol. The molecule has 0 aliphatic carbocycles. The molecule has 0 spiro atoms. The van der Waals surface area contributed by atoms with E-state index in [2.05, 4.69) is 4.72 Å². The summed E-state index contributed by atoms with van der Waals surface area (Å²) in [7, 11) is -3.27. The molecule has 0 unspecified atom stereocenters. The van der Waals surface area contributed by atoms with Crippen LogP contribution in [0.5, 0.6) is 0 Å². The topological polar surface area (TPSA) is 72.2 Å². The second-order valence-corrected chi connectivity index (χ2v) is 7.32. The van der Waals surface area contributed by atoms with Gasteiger partial charge in [-0.05, 0) is 30.7 Å². The van der Waals surface area contributed by atoms with Gasteiger partial charge in [0.25, 0.3) is 0 Å². The van der Waals surface area contributed by atoms with Crippen molar-refractivity contribution in [3.63, 3.8) is 0 Å². The number of aryl methyl sites for hydroxylation is 1. The van der Waals surface area contributed by atoms with Gasteiger partial charge in [0.05, 0.1) is 5.75 Å². The number of sulfonamides is 1. The third kappa shape index (κ3) is 5.79. The summed E-state index contributed by atoms with van der Waals surface area (Å²) < 4.78 is 26.9. The minimum absolute atomic E-state index is 0. The van der Waals surface area contributed by atoms with E-state index < -0.39 is 15.6 Å². The third-order valence-electron chi connectivity index (χ3n) is 3.31. The first-order valence-electron chi connectivity index (χ1n) is 6.21. The van der Waals surface area contributed by atoms with E-state index in [1.54, 1.807) is 11.3 Å². The molecule has 0 fully saturated rings. The van der Waals surface area contributed by atoms with Crippen LogP contribution in [0.1, 0.15) is 31.6 Å². The molecule has 0 radical (unpaired) electrons.